The molecule has 9 heteroatoms. The number of nitrogens with zero attached hydrogens (tertiary/aromatic N) is 1. The lowest BCUT2D eigenvalue weighted by molar-refractivity contribution is 0.414. The standard InChI is InChI=1S/C33H27N5O3S/c1-41-26-10-12-27(13-11-26)42(39,40)38-30-14-8-22(20-4-2-6-24(16-20)32(34)35)18-28(30)29-19-23(9-15-31(29)38)21-5-3-7-25(17-21)33(36)37/h2-19H,1H3,(H3,34,35)(H3,36,37). The number of benzene rings is 5. The van der Waals surface area contributed by atoms with E-state index in [-0.39, 0.29) is 16.6 Å². The zero-order chi connectivity index (χ0) is 29.6. The van der Waals surface area contributed by atoms with E-state index in [1.54, 1.807) is 24.3 Å². The van der Waals surface area contributed by atoms with Crippen molar-refractivity contribution in [3.8, 4) is 28.0 Å². The summed E-state index contributed by atoms with van der Waals surface area (Å²) in [6.07, 6.45) is 0. The van der Waals surface area contributed by atoms with Crippen LogP contribution >= 0.6 is 0 Å². The second-order valence-electron chi connectivity index (χ2n) is 9.90. The topological polar surface area (TPSA) is 148 Å². The summed E-state index contributed by atoms with van der Waals surface area (Å²) in [6.45, 7) is 0. The fourth-order valence-electron chi connectivity index (χ4n) is 5.19. The van der Waals surface area contributed by atoms with Gasteiger partial charge in [-0.1, -0.05) is 48.5 Å². The van der Waals surface area contributed by atoms with Gasteiger partial charge in [0, 0.05) is 21.9 Å². The van der Waals surface area contributed by atoms with Crippen molar-refractivity contribution in [3.63, 3.8) is 0 Å². The van der Waals surface area contributed by atoms with E-state index in [4.69, 9.17) is 27.0 Å². The van der Waals surface area contributed by atoms with Crippen LogP contribution in [0.3, 0.4) is 0 Å². The minimum Gasteiger partial charge on any atom is -0.497 e. The van der Waals surface area contributed by atoms with Crippen LogP contribution in [0.15, 0.2) is 114 Å². The number of nitrogen functional groups attached to an aromatic ring is 2. The van der Waals surface area contributed by atoms with E-state index < -0.39 is 10.0 Å². The van der Waals surface area contributed by atoms with Gasteiger partial charge in [-0.25, -0.2) is 12.4 Å². The van der Waals surface area contributed by atoms with Gasteiger partial charge >= 0.3 is 0 Å². The molecular weight excluding hydrogens is 546 g/mol. The molecule has 42 heavy (non-hydrogen) atoms. The average molecular weight is 574 g/mol. The summed E-state index contributed by atoms with van der Waals surface area (Å²) in [5, 5.41) is 17.2. The highest BCUT2D eigenvalue weighted by Crippen LogP contribution is 2.38. The van der Waals surface area contributed by atoms with Crippen LogP contribution in [0, 0.1) is 10.8 Å². The summed E-state index contributed by atoms with van der Waals surface area (Å²) < 4.78 is 34.8. The van der Waals surface area contributed by atoms with Crippen molar-refractivity contribution >= 4 is 43.5 Å². The predicted molar refractivity (Wildman–Crippen MR) is 168 cm³/mol. The number of methoxy groups -OCH3 is 1. The van der Waals surface area contributed by atoms with Crippen LogP contribution in [0.2, 0.25) is 0 Å². The second kappa shape index (κ2) is 10.2. The Morgan fingerprint density at radius 2 is 1.10 bits per heavy atom. The quantitative estimate of drug-likeness (QED) is 0.138. The van der Waals surface area contributed by atoms with E-state index in [1.165, 1.54) is 23.2 Å². The Morgan fingerprint density at radius 3 is 1.52 bits per heavy atom. The third kappa shape index (κ3) is 4.55. The number of hydrogen-bond acceptors (Lipinski definition) is 5. The van der Waals surface area contributed by atoms with Crippen molar-refractivity contribution in [1.29, 1.82) is 10.8 Å². The molecule has 0 atom stereocenters. The summed E-state index contributed by atoms with van der Waals surface area (Å²) in [5.74, 6) is 0.501. The Kier molecular flexibility index (Phi) is 6.51. The molecule has 0 spiro atoms. The highest BCUT2D eigenvalue weighted by molar-refractivity contribution is 7.90. The fraction of sp³-hybridized carbons (Fsp3) is 0.0303. The monoisotopic (exact) mass is 573 g/mol. The van der Waals surface area contributed by atoms with Crippen molar-refractivity contribution in [2.45, 2.75) is 4.90 Å². The molecule has 0 bridgehead atoms. The van der Waals surface area contributed by atoms with Crippen LogP contribution in [0.4, 0.5) is 0 Å². The molecule has 0 radical (unpaired) electrons. The lowest BCUT2D eigenvalue weighted by atomic mass is 9.98. The van der Waals surface area contributed by atoms with Crippen molar-refractivity contribution in [2.24, 2.45) is 11.5 Å². The minimum atomic E-state index is -3.99. The van der Waals surface area contributed by atoms with Crippen molar-refractivity contribution in [3.05, 3.63) is 120 Å². The first-order valence-corrected chi connectivity index (χ1v) is 14.5. The van der Waals surface area contributed by atoms with Gasteiger partial charge in [0.25, 0.3) is 10.0 Å². The molecule has 6 rings (SSSR count). The molecule has 0 saturated carbocycles. The lowest BCUT2D eigenvalue weighted by Crippen LogP contribution is -2.12. The van der Waals surface area contributed by atoms with Gasteiger partial charge in [0.2, 0.25) is 0 Å². The highest BCUT2D eigenvalue weighted by atomic mass is 32.2. The number of hydrogen-bond donors (Lipinski definition) is 4. The Morgan fingerprint density at radius 1 is 0.643 bits per heavy atom. The Bertz CT molecular complexity index is 2030. The average Bonchev–Trinajstić information content (AvgIpc) is 3.35. The molecule has 6 N–H and O–H groups in total. The second-order valence-corrected chi connectivity index (χ2v) is 11.7. The molecule has 0 fully saturated rings. The zero-order valence-corrected chi connectivity index (χ0v) is 23.4. The number of ether oxygens (including phenoxy) is 1. The van der Waals surface area contributed by atoms with Crippen molar-refractivity contribution in [2.75, 3.05) is 7.11 Å². The number of fused-ring (bicyclic) bond motifs is 3. The largest absolute Gasteiger partial charge is 0.497 e. The lowest BCUT2D eigenvalue weighted by Gasteiger charge is -2.11. The molecule has 0 amide bonds. The summed E-state index contributed by atoms with van der Waals surface area (Å²) in [7, 11) is -2.46. The maximum Gasteiger partial charge on any atom is 0.268 e. The van der Waals surface area contributed by atoms with Gasteiger partial charge < -0.3 is 16.2 Å². The molecule has 1 heterocycles. The van der Waals surface area contributed by atoms with Crippen LogP contribution in [0.25, 0.3) is 44.1 Å². The van der Waals surface area contributed by atoms with Crippen molar-refractivity contribution < 1.29 is 13.2 Å². The summed E-state index contributed by atoms with van der Waals surface area (Å²) in [5.41, 5.74) is 17.2. The fourth-order valence-corrected chi connectivity index (χ4v) is 6.72. The smallest absolute Gasteiger partial charge is 0.268 e. The van der Waals surface area contributed by atoms with E-state index in [0.717, 1.165) is 33.0 Å². The number of amidine groups is 2. The molecular formula is C33H27N5O3S. The molecule has 0 unspecified atom stereocenters. The van der Waals surface area contributed by atoms with Crippen LogP contribution in [-0.2, 0) is 10.0 Å². The molecule has 0 aliphatic heterocycles. The van der Waals surface area contributed by atoms with Crippen LogP contribution in [0.1, 0.15) is 11.1 Å². The first kappa shape index (κ1) is 26.8. The number of nitrogens with two attached hydrogens (primary N) is 2. The van der Waals surface area contributed by atoms with E-state index in [0.29, 0.717) is 27.9 Å². The van der Waals surface area contributed by atoms with Gasteiger partial charge in [0.1, 0.15) is 17.4 Å². The van der Waals surface area contributed by atoms with Crippen molar-refractivity contribution in [1.82, 2.24) is 3.97 Å². The summed E-state index contributed by atoms with van der Waals surface area (Å²) in [6, 6.07) is 32.4. The summed E-state index contributed by atoms with van der Waals surface area (Å²) in [4.78, 5) is 0.138. The molecule has 5 aromatic carbocycles. The molecule has 0 aliphatic carbocycles. The first-order valence-electron chi connectivity index (χ1n) is 13.0. The predicted octanol–water partition coefficient (Wildman–Crippen LogP) is 5.94. The van der Waals surface area contributed by atoms with E-state index in [9.17, 15) is 8.42 Å². The zero-order valence-electron chi connectivity index (χ0n) is 22.6. The third-order valence-corrected chi connectivity index (χ3v) is 9.07. The first-order chi connectivity index (χ1) is 20.2. The molecule has 8 nitrogen and oxygen atoms in total. The number of nitrogens with one attached hydrogen (secondary N) is 2. The molecule has 0 saturated heterocycles. The van der Waals surface area contributed by atoms with Gasteiger partial charge in [-0.2, -0.15) is 0 Å². The molecule has 6 aromatic rings. The number of rotatable bonds is 7. The third-order valence-electron chi connectivity index (χ3n) is 7.33. The van der Waals surface area contributed by atoms with E-state index in [2.05, 4.69) is 0 Å². The molecule has 0 aliphatic rings. The maximum absolute atomic E-state index is 14.1. The Labute approximate surface area is 242 Å². The Balaban J connectivity index is 1.62. The van der Waals surface area contributed by atoms with Gasteiger partial charge in [-0.15, -0.1) is 0 Å². The Hall–Kier alpha value is -5.41. The SMILES string of the molecule is COc1ccc(S(=O)(=O)n2c3ccc(-c4cccc(C(=N)N)c4)cc3c3cc(-c4cccc(C(=N)N)c4)ccc32)cc1. The normalized spacial score (nSPS) is 11.5. The number of aromatic nitrogens is 1. The van der Waals surface area contributed by atoms with Gasteiger partial charge in [0.15, 0.2) is 0 Å². The van der Waals surface area contributed by atoms with Crippen LogP contribution < -0.4 is 16.2 Å². The van der Waals surface area contributed by atoms with E-state index >= 15 is 0 Å². The van der Waals surface area contributed by atoms with Gasteiger partial charge in [-0.05, 0) is 82.9 Å². The van der Waals surface area contributed by atoms with E-state index in [1.807, 2.05) is 72.8 Å². The maximum atomic E-state index is 14.1. The minimum absolute atomic E-state index is 0.0300. The summed E-state index contributed by atoms with van der Waals surface area (Å²) >= 11 is 0. The molecule has 208 valence electrons. The van der Waals surface area contributed by atoms with Gasteiger partial charge in [0.05, 0.1) is 23.0 Å². The van der Waals surface area contributed by atoms with Gasteiger partial charge in [-0.3, -0.25) is 10.8 Å². The van der Waals surface area contributed by atoms with Crippen LogP contribution in [0.5, 0.6) is 5.75 Å². The highest BCUT2D eigenvalue weighted by Gasteiger charge is 2.24. The molecule has 1 aromatic heterocycles. The van der Waals surface area contributed by atoms with Crippen LogP contribution in [-0.4, -0.2) is 31.2 Å².